The van der Waals surface area contributed by atoms with Gasteiger partial charge in [0.15, 0.2) is 0 Å². The second kappa shape index (κ2) is 4.91. The van der Waals surface area contributed by atoms with Crippen molar-refractivity contribution in [2.24, 2.45) is 11.7 Å². The van der Waals surface area contributed by atoms with Crippen LogP contribution in [0.15, 0.2) is 0 Å². The van der Waals surface area contributed by atoms with Crippen molar-refractivity contribution in [3.8, 4) is 0 Å². The Labute approximate surface area is 101 Å². The first-order chi connectivity index (χ1) is 7.70. The third-order valence-electron chi connectivity index (χ3n) is 2.64. The van der Waals surface area contributed by atoms with E-state index in [2.05, 4.69) is 0 Å². The smallest absolute Gasteiger partial charge is 0.410 e. The third-order valence-corrected chi connectivity index (χ3v) is 2.64. The Bertz CT molecular complexity index is 311. The number of nitrogens with two attached hydrogens (primary N) is 1. The minimum atomic E-state index is -0.967. The van der Waals surface area contributed by atoms with Gasteiger partial charge in [-0.25, -0.2) is 4.79 Å². The van der Waals surface area contributed by atoms with E-state index < -0.39 is 29.6 Å². The molecule has 2 unspecified atom stereocenters. The normalized spacial score (nSPS) is 25.5. The minimum Gasteiger partial charge on any atom is -0.481 e. The van der Waals surface area contributed by atoms with Crippen molar-refractivity contribution in [3.05, 3.63) is 0 Å². The molecule has 0 bridgehead atoms. The maximum atomic E-state index is 11.8. The summed E-state index contributed by atoms with van der Waals surface area (Å²) in [6.45, 7) is 5.88. The fourth-order valence-electron chi connectivity index (χ4n) is 1.72. The van der Waals surface area contributed by atoms with Crippen molar-refractivity contribution >= 4 is 12.1 Å². The quantitative estimate of drug-likeness (QED) is 0.706. The summed E-state index contributed by atoms with van der Waals surface area (Å²) < 4.78 is 5.19. The molecular formula is C11H20N2O4. The van der Waals surface area contributed by atoms with Crippen LogP contribution in [-0.4, -0.2) is 46.8 Å². The van der Waals surface area contributed by atoms with Crippen molar-refractivity contribution in [2.45, 2.75) is 38.8 Å². The van der Waals surface area contributed by atoms with Gasteiger partial charge in [-0.1, -0.05) is 0 Å². The molecule has 1 aliphatic rings. The number of carboxylic acid groups (broad SMARTS) is 1. The number of aliphatic carboxylic acids is 1. The van der Waals surface area contributed by atoms with Crippen LogP contribution in [0.5, 0.6) is 0 Å². The third kappa shape index (κ3) is 3.89. The van der Waals surface area contributed by atoms with Gasteiger partial charge in [-0.3, -0.25) is 4.79 Å². The molecule has 98 valence electrons. The fourth-order valence-corrected chi connectivity index (χ4v) is 1.72. The summed E-state index contributed by atoms with van der Waals surface area (Å²) in [5.74, 6) is -1.68. The summed E-state index contributed by atoms with van der Waals surface area (Å²) in [6, 6.07) is -0.397. The lowest BCUT2D eigenvalue weighted by Crippen LogP contribution is -2.52. The van der Waals surface area contributed by atoms with Crippen LogP contribution in [0, 0.1) is 5.92 Å². The second-order valence-electron chi connectivity index (χ2n) is 5.32. The summed E-state index contributed by atoms with van der Waals surface area (Å²) >= 11 is 0. The highest BCUT2D eigenvalue weighted by Gasteiger charge is 2.35. The van der Waals surface area contributed by atoms with E-state index in [4.69, 9.17) is 15.6 Å². The number of likely N-dealkylation sites (tertiary alicyclic amines) is 1. The lowest BCUT2D eigenvalue weighted by Gasteiger charge is -2.35. The van der Waals surface area contributed by atoms with Gasteiger partial charge in [0, 0.05) is 19.1 Å². The number of carbonyl (C=O) groups excluding carboxylic acids is 1. The molecule has 17 heavy (non-hydrogen) atoms. The largest absolute Gasteiger partial charge is 0.481 e. The van der Waals surface area contributed by atoms with E-state index in [0.29, 0.717) is 13.0 Å². The Kier molecular flexibility index (Phi) is 3.98. The zero-order chi connectivity index (χ0) is 13.2. The molecule has 0 aromatic rings. The van der Waals surface area contributed by atoms with Gasteiger partial charge in [-0.05, 0) is 27.2 Å². The van der Waals surface area contributed by atoms with Crippen molar-refractivity contribution in [2.75, 3.05) is 13.1 Å². The predicted molar refractivity (Wildman–Crippen MR) is 61.5 cm³/mol. The van der Waals surface area contributed by atoms with Crippen LogP contribution < -0.4 is 5.73 Å². The Morgan fingerprint density at radius 2 is 2.00 bits per heavy atom. The molecule has 0 spiro atoms. The molecule has 2 atom stereocenters. The Balaban J connectivity index is 2.62. The van der Waals surface area contributed by atoms with Gasteiger partial charge in [0.25, 0.3) is 0 Å². The maximum absolute atomic E-state index is 11.8. The van der Waals surface area contributed by atoms with Crippen LogP contribution in [0.3, 0.4) is 0 Å². The molecule has 0 aliphatic carbocycles. The molecule has 1 aliphatic heterocycles. The number of carbonyl (C=O) groups is 2. The van der Waals surface area contributed by atoms with Gasteiger partial charge in [0.2, 0.25) is 0 Å². The number of nitrogens with zero attached hydrogens (tertiary/aromatic N) is 1. The monoisotopic (exact) mass is 244 g/mol. The molecule has 1 fully saturated rings. The molecule has 1 heterocycles. The summed E-state index contributed by atoms with van der Waals surface area (Å²) in [5, 5.41) is 8.98. The van der Waals surface area contributed by atoms with E-state index in [1.165, 1.54) is 4.90 Å². The van der Waals surface area contributed by atoms with E-state index >= 15 is 0 Å². The summed E-state index contributed by atoms with van der Waals surface area (Å²) in [4.78, 5) is 24.1. The van der Waals surface area contributed by atoms with Gasteiger partial charge >= 0.3 is 12.1 Å². The fraction of sp³-hybridized carbons (Fsp3) is 0.818. The van der Waals surface area contributed by atoms with E-state index in [1.807, 2.05) is 0 Å². The number of hydrogen-bond acceptors (Lipinski definition) is 4. The Hall–Kier alpha value is -1.30. The highest BCUT2D eigenvalue weighted by Crippen LogP contribution is 2.18. The lowest BCUT2D eigenvalue weighted by atomic mass is 9.93. The highest BCUT2D eigenvalue weighted by atomic mass is 16.6. The van der Waals surface area contributed by atoms with Gasteiger partial charge in [-0.15, -0.1) is 0 Å². The van der Waals surface area contributed by atoms with E-state index in [1.54, 1.807) is 20.8 Å². The Morgan fingerprint density at radius 3 is 2.47 bits per heavy atom. The van der Waals surface area contributed by atoms with Gasteiger partial charge in [0.1, 0.15) is 5.60 Å². The van der Waals surface area contributed by atoms with Crippen LogP contribution in [-0.2, 0) is 9.53 Å². The SMILES string of the molecule is CC(C)(C)OC(=O)N1CCC(N)C(C(=O)O)C1. The molecule has 3 N–H and O–H groups in total. The molecule has 0 aromatic heterocycles. The summed E-state index contributed by atoms with van der Waals surface area (Å²) in [5.41, 5.74) is 5.14. The van der Waals surface area contributed by atoms with E-state index in [-0.39, 0.29) is 6.54 Å². The molecule has 1 rings (SSSR count). The summed E-state index contributed by atoms with van der Waals surface area (Å²) in [7, 11) is 0. The molecule has 1 saturated heterocycles. The molecule has 0 radical (unpaired) electrons. The van der Waals surface area contributed by atoms with Crippen LogP contribution in [0.4, 0.5) is 4.79 Å². The lowest BCUT2D eigenvalue weighted by molar-refractivity contribution is -0.144. The van der Waals surface area contributed by atoms with Crippen LogP contribution >= 0.6 is 0 Å². The molecule has 0 aromatic carbocycles. The number of ether oxygens (including phenoxy) is 1. The zero-order valence-electron chi connectivity index (χ0n) is 10.5. The topological polar surface area (TPSA) is 92.9 Å². The molecule has 0 saturated carbocycles. The first-order valence-corrected chi connectivity index (χ1v) is 5.67. The first kappa shape index (κ1) is 13.8. The first-order valence-electron chi connectivity index (χ1n) is 5.67. The number of rotatable bonds is 1. The van der Waals surface area contributed by atoms with E-state index in [0.717, 1.165) is 0 Å². The molecule has 1 amide bonds. The Morgan fingerprint density at radius 1 is 1.41 bits per heavy atom. The van der Waals surface area contributed by atoms with Crippen molar-refractivity contribution < 1.29 is 19.4 Å². The highest BCUT2D eigenvalue weighted by molar-refractivity contribution is 5.74. The molecule has 6 nitrogen and oxygen atoms in total. The standard InChI is InChI=1S/C11H20N2O4/c1-11(2,3)17-10(16)13-5-4-8(12)7(6-13)9(14)15/h7-8H,4-6,12H2,1-3H3,(H,14,15). The maximum Gasteiger partial charge on any atom is 0.410 e. The van der Waals surface area contributed by atoms with Gasteiger partial charge < -0.3 is 20.5 Å². The molecular weight excluding hydrogens is 224 g/mol. The average Bonchev–Trinajstić information content (AvgIpc) is 2.14. The summed E-state index contributed by atoms with van der Waals surface area (Å²) in [6.07, 6.45) is 0.00610. The predicted octanol–water partition coefficient (Wildman–Crippen LogP) is 0.655. The second-order valence-corrected chi connectivity index (χ2v) is 5.32. The zero-order valence-corrected chi connectivity index (χ0v) is 10.5. The number of piperidine rings is 1. The molecule has 6 heteroatoms. The number of hydrogen-bond donors (Lipinski definition) is 2. The van der Waals surface area contributed by atoms with Crippen LogP contribution in [0.2, 0.25) is 0 Å². The van der Waals surface area contributed by atoms with Gasteiger partial charge in [-0.2, -0.15) is 0 Å². The van der Waals surface area contributed by atoms with Crippen LogP contribution in [0.1, 0.15) is 27.2 Å². The minimum absolute atomic E-state index is 0.116. The van der Waals surface area contributed by atoms with Crippen molar-refractivity contribution in [1.29, 1.82) is 0 Å². The van der Waals surface area contributed by atoms with Crippen LogP contribution in [0.25, 0.3) is 0 Å². The van der Waals surface area contributed by atoms with Crippen molar-refractivity contribution in [1.82, 2.24) is 4.90 Å². The van der Waals surface area contributed by atoms with Gasteiger partial charge in [0.05, 0.1) is 5.92 Å². The average molecular weight is 244 g/mol. The number of amides is 1. The van der Waals surface area contributed by atoms with Crippen molar-refractivity contribution in [3.63, 3.8) is 0 Å². The number of carboxylic acids is 1. The van der Waals surface area contributed by atoms with E-state index in [9.17, 15) is 9.59 Å².